The van der Waals surface area contributed by atoms with Crippen molar-refractivity contribution in [2.24, 2.45) is 5.92 Å². The summed E-state index contributed by atoms with van der Waals surface area (Å²) in [4.78, 5) is 11.9. The Morgan fingerprint density at radius 2 is 2.20 bits per heavy atom. The first-order valence-electron chi connectivity index (χ1n) is 5.20. The Morgan fingerprint density at radius 3 is 3.07 bits per heavy atom. The zero-order valence-corrected chi connectivity index (χ0v) is 8.53. The number of carbonyl (C=O) groups excluding carboxylic acids is 1. The molecule has 0 radical (unpaired) electrons. The molecule has 1 aliphatic heterocycles. The summed E-state index contributed by atoms with van der Waals surface area (Å²) in [6, 6.07) is 5.63. The number of carbonyl (C=O) groups is 1. The van der Waals surface area contributed by atoms with Crippen LogP contribution in [0.1, 0.15) is 28.9 Å². The van der Waals surface area contributed by atoms with E-state index in [-0.39, 0.29) is 17.8 Å². The molecule has 2 atom stereocenters. The van der Waals surface area contributed by atoms with E-state index in [4.69, 9.17) is 9.47 Å². The Labute approximate surface area is 88.0 Å². The standard InChI is InChI=1S/C12H12O3/c1-7-11(13)8-3-2-4-9-10(8)12(7)15-6-5-14-9/h2-4,7,12H,5-6H2,1H3. The van der Waals surface area contributed by atoms with Crippen molar-refractivity contribution in [2.45, 2.75) is 13.0 Å². The predicted octanol–water partition coefficient (Wildman–Crippen LogP) is 1.97. The van der Waals surface area contributed by atoms with Gasteiger partial charge >= 0.3 is 0 Å². The summed E-state index contributed by atoms with van der Waals surface area (Å²) >= 11 is 0. The highest BCUT2D eigenvalue weighted by molar-refractivity contribution is 6.03. The van der Waals surface area contributed by atoms with Gasteiger partial charge in [0.05, 0.1) is 18.6 Å². The highest BCUT2D eigenvalue weighted by Gasteiger charge is 2.40. The Morgan fingerprint density at radius 1 is 1.33 bits per heavy atom. The van der Waals surface area contributed by atoms with Crippen LogP contribution in [-0.2, 0) is 4.74 Å². The third-order valence-corrected chi connectivity index (χ3v) is 3.12. The van der Waals surface area contributed by atoms with E-state index in [0.717, 1.165) is 16.9 Å². The van der Waals surface area contributed by atoms with Crippen LogP contribution in [0.25, 0.3) is 0 Å². The van der Waals surface area contributed by atoms with Crippen molar-refractivity contribution in [3.63, 3.8) is 0 Å². The second kappa shape index (κ2) is 3.07. The quantitative estimate of drug-likeness (QED) is 0.648. The highest BCUT2D eigenvalue weighted by Crippen LogP contribution is 2.44. The number of benzene rings is 1. The maximum absolute atomic E-state index is 11.9. The van der Waals surface area contributed by atoms with Crippen LogP contribution < -0.4 is 4.74 Å². The van der Waals surface area contributed by atoms with Gasteiger partial charge in [0.25, 0.3) is 0 Å². The molecule has 2 aliphatic rings. The molecular weight excluding hydrogens is 192 g/mol. The third-order valence-electron chi connectivity index (χ3n) is 3.12. The van der Waals surface area contributed by atoms with Crippen molar-refractivity contribution >= 4 is 5.78 Å². The molecule has 1 aliphatic carbocycles. The highest BCUT2D eigenvalue weighted by atomic mass is 16.5. The van der Waals surface area contributed by atoms with Crippen LogP contribution in [0.15, 0.2) is 18.2 Å². The molecule has 3 nitrogen and oxygen atoms in total. The van der Waals surface area contributed by atoms with E-state index < -0.39 is 0 Å². The van der Waals surface area contributed by atoms with Gasteiger partial charge in [-0.1, -0.05) is 19.1 Å². The molecule has 1 aromatic rings. The van der Waals surface area contributed by atoms with Crippen molar-refractivity contribution in [2.75, 3.05) is 13.2 Å². The lowest BCUT2D eigenvalue weighted by atomic mass is 10.1. The van der Waals surface area contributed by atoms with Crippen LogP contribution in [-0.4, -0.2) is 19.0 Å². The lowest BCUT2D eigenvalue weighted by Gasteiger charge is -2.13. The summed E-state index contributed by atoms with van der Waals surface area (Å²) in [5.41, 5.74) is 1.72. The molecule has 3 heteroatoms. The van der Waals surface area contributed by atoms with Gasteiger partial charge in [-0.2, -0.15) is 0 Å². The molecule has 0 saturated heterocycles. The zero-order valence-electron chi connectivity index (χ0n) is 8.53. The summed E-state index contributed by atoms with van der Waals surface area (Å²) in [5, 5.41) is 0. The number of rotatable bonds is 0. The molecule has 0 N–H and O–H groups in total. The van der Waals surface area contributed by atoms with Gasteiger partial charge in [0.15, 0.2) is 5.78 Å². The van der Waals surface area contributed by atoms with Gasteiger partial charge in [-0.3, -0.25) is 4.79 Å². The summed E-state index contributed by atoms with van der Waals surface area (Å²) in [5.74, 6) is 0.901. The first kappa shape index (κ1) is 8.92. The fraction of sp³-hybridized carbons (Fsp3) is 0.417. The van der Waals surface area contributed by atoms with Gasteiger partial charge in [0, 0.05) is 11.1 Å². The minimum atomic E-state index is -0.105. The van der Waals surface area contributed by atoms with Gasteiger partial charge in [-0.25, -0.2) is 0 Å². The first-order valence-corrected chi connectivity index (χ1v) is 5.20. The van der Waals surface area contributed by atoms with E-state index >= 15 is 0 Å². The van der Waals surface area contributed by atoms with Crippen LogP contribution in [0.5, 0.6) is 5.75 Å². The summed E-state index contributed by atoms with van der Waals surface area (Å²) in [6.07, 6.45) is -0.105. The Balaban J connectivity index is 2.23. The van der Waals surface area contributed by atoms with E-state index in [9.17, 15) is 4.79 Å². The number of Topliss-reactive ketones (excluding diaryl/α,β-unsaturated/α-hetero) is 1. The molecule has 2 unspecified atom stereocenters. The van der Waals surface area contributed by atoms with Crippen LogP contribution in [0.3, 0.4) is 0 Å². The van der Waals surface area contributed by atoms with Crippen molar-refractivity contribution < 1.29 is 14.3 Å². The van der Waals surface area contributed by atoms with Crippen molar-refractivity contribution in [3.05, 3.63) is 29.3 Å². The topological polar surface area (TPSA) is 35.5 Å². The molecule has 1 heterocycles. The lowest BCUT2D eigenvalue weighted by Crippen LogP contribution is -2.13. The van der Waals surface area contributed by atoms with Crippen molar-refractivity contribution in [1.29, 1.82) is 0 Å². The summed E-state index contributed by atoms with van der Waals surface area (Å²) in [6.45, 7) is 3.03. The number of ether oxygens (including phenoxy) is 2. The SMILES string of the molecule is CC1C(=O)c2cccc3c2C1OCCO3. The zero-order chi connectivity index (χ0) is 10.4. The van der Waals surface area contributed by atoms with Crippen molar-refractivity contribution in [3.8, 4) is 5.75 Å². The van der Waals surface area contributed by atoms with E-state index in [1.807, 2.05) is 25.1 Å². The average molecular weight is 204 g/mol. The van der Waals surface area contributed by atoms with Gasteiger partial charge < -0.3 is 9.47 Å². The monoisotopic (exact) mass is 204 g/mol. The van der Waals surface area contributed by atoms with E-state index in [0.29, 0.717) is 13.2 Å². The molecule has 3 rings (SSSR count). The molecule has 15 heavy (non-hydrogen) atoms. The smallest absolute Gasteiger partial charge is 0.169 e. The second-order valence-corrected chi connectivity index (χ2v) is 4.01. The Bertz CT molecular complexity index is 425. The van der Waals surface area contributed by atoms with Gasteiger partial charge in [0.2, 0.25) is 0 Å². The predicted molar refractivity (Wildman–Crippen MR) is 54.1 cm³/mol. The number of ketones is 1. The molecule has 0 fully saturated rings. The molecule has 0 spiro atoms. The molecule has 0 aromatic heterocycles. The van der Waals surface area contributed by atoms with E-state index in [2.05, 4.69) is 0 Å². The third kappa shape index (κ3) is 1.13. The fourth-order valence-electron chi connectivity index (χ4n) is 2.37. The van der Waals surface area contributed by atoms with Crippen LogP contribution in [0.2, 0.25) is 0 Å². The number of hydrogen-bond acceptors (Lipinski definition) is 3. The Hall–Kier alpha value is -1.35. The minimum Gasteiger partial charge on any atom is -0.491 e. The molecule has 1 aromatic carbocycles. The summed E-state index contributed by atoms with van der Waals surface area (Å²) < 4.78 is 11.2. The molecule has 78 valence electrons. The molecule has 0 amide bonds. The number of hydrogen-bond donors (Lipinski definition) is 0. The van der Waals surface area contributed by atoms with Crippen LogP contribution in [0, 0.1) is 5.92 Å². The largest absolute Gasteiger partial charge is 0.491 e. The summed E-state index contributed by atoms with van der Waals surface area (Å²) in [7, 11) is 0. The second-order valence-electron chi connectivity index (χ2n) is 4.01. The lowest BCUT2D eigenvalue weighted by molar-refractivity contribution is 0.0225. The molecule has 0 saturated carbocycles. The van der Waals surface area contributed by atoms with Gasteiger partial charge in [-0.15, -0.1) is 0 Å². The fourth-order valence-corrected chi connectivity index (χ4v) is 2.37. The Kier molecular flexibility index (Phi) is 1.83. The first-order chi connectivity index (χ1) is 7.29. The molecular formula is C12H12O3. The van der Waals surface area contributed by atoms with Crippen LogP contribution >= 0.6 is 0 Å². The average Bonchev–Trinajstić information content (AvgIpc) is 2.45. The van der Waals surface area contributed by atoms with Crippen molar-refractivity contribution in [1.82, 2.24) is 0 Å². The van der Waals surface area contributed by atoms with Crippen LogP contribution in [0.4, 0.5) is 0 Å². The maximum Gasteiger partial charge on any atom is 0.169 e. The maximum atomic E-state index is 11.9. The van der Waals surface area contributed by atoms with Gasteiger partial charge in [0.1, 0.15) is 12.4 Å². The molecule has 0 bridgehead atoms. The normalized spacial score (nSPS) is 28.2. The van der Waals surface area contributed by atoms with E-state index in [1.165, 1.54) is 0 Å². The minimum absolute atomic E-state index is 0.0807. The van der Waals surface area contributed by atoms with E-state index in [1.54, 1.807) is 0 Å². The van der Waals surface area contributed by atoms with Gasteiger partial charge in [-0.05, 0) is 6.07 Å².